The molecule has 0 fully saturated rings. The fraction of sp³-hybridized carbons (Fsp3) is 0.556. The quantitative estimate of drug-likeness (QED) is 0.657. The Morgan fingerprint density at radius 3 is 3.08 bits per heavy atom. The molecule has 0 amide bonds. The zero-order valence-corrected chi connectivity index (χ0v) is 7.93. The highest BCUT2D eigenvalue weighted by molar-refractivity contribution is 6.30. The van der Waals surface area contributed by atoms with Gasteiger partial charge in [-0.2, -0.15) is 0 Å². The number of hydrogen-bond donors (Lipinski definition) is 1. The van der Waals surface area contributed by atoms with Crippen molar-refractivity contribution in [3.8, 4) is 0 Å². The van der Waals surface area contributed by atoms with Crippen molar-refractivity contribution in [3.05, 3.63) is 22.5 Å². The first-order valence-corrected chi connectivity index (χ1v) is 4.67. The van der Waals surface area contributed by atoms with Crippen LogP contribution in [0.2, 0.25) is 5.15 Å². The molecule has 2 nitrogen and oxygen atoms in total. The van der Waals surface area contributed by atoms with Crippen LogP contribution in [0.3, 0.4) is 0 Å². The number of hydrogen-bond acceptors (Lipinski definition) is 1. The molecule has 1 aliphatic rings. The Hall–Kier alpha value is -0.470. The Morgan fingerprint density at radius 2 is 2.42 bits per heavy atom. The molecule has 12 heavy (non-hydrogen) atoms. The second-order valence-corrected chi connectivity index (χ2v) is 3.82. The SMILES string of the molecule is Cn1cc2c(c1Cl)CCCC2N. The molecule has 0 saturated heterocycles. The van der Waals surface area contributed by atoms with Gasteiger partial charge in [-0.1, -0.05) is 11.6 Å². The molecule has 0 saturated carbocycles. The van der Waals surface area contributed by atoms with E-state index in [4.69, 9.17) is 17.3 Å². The maximum atomic E-state index is 6.10. The lowest BCUT2D eigenvalue weighted by atomic mass is 9.92. The predicted molar refractivity (Wildman–Crippen MR) is 50.3 cm³/mol. The first kappa shape index (κ1) is 8.14. The van der Waals surface area contributed by atoms with Gasteiger partial charge in [0.15, 0.2) is 0 Å². The van der Waals surface area contributed by atoms with Crippen molar-refractivity contribution in [2.45, 2.75) is 25.3 Å². The highest BCUT2D eigenvalue weighted by atomic mass is 35.5. The van der Waals surface area contributed by atoms with Crippen LogP contribution in [0.15, 0.2) is 6.20 Å². The van der Waals surface area contributed by atoms with Crippen molar-refractivity contribution in [3.63, 3.8) is 0 Å². The number of nitrogens with two attached hydrogens (primary N) is 1. The van der Waals surface area contributed by atoms with Crippen LogP contribution >= 0.6 is 11.6 Å². The molecule has 1 aromatic rings. The summed E-state index contributed by atoms with van der Waals surface area (Å²) in [5, 5.41) is 0.861. The number of rotatable bonds is 0. The van der Waals surface area contributed by atoms with E-state index in [0.717, 1.165) is 24.4 Å². The first-order valence-electron chi connectivity index (χ1n) is 4.29. The number of nitrogens with zero attached hydrogens (tertiary/aromatic N) is 1. The van der Waals surface area contributed by atoms with Gasteiger partial charge in [-0.3, -0.25) is 0 Å². The zero-order valence-electron chi connectivity index (χ0n) is 7.18. The summed E-state index contributed by atoms with van der Waals surface area (Å²) in [5.74, 6) is 0. The van der Waals surface area contributed by atoms with Crippen molar-refractivity contribution in [1.29, 1.82) is 0 Å². The summed E-state index contributed by atoms with van der Waals surface area (Å²) in [7, 11) is 1.97. The minimum absolute atomic E-state index is 0.201. The summed E-state index contributed by atoms with van der Waals surface area (Å²) < 4.78 is 1.96. The Kier molecular flexibility index (Phi) is 1.89. The van der Waals surface area contributed by atoms with Crippen LogP contribution in [-0.2, 0) is 13.5 Å². The third-order valence-corrected chi connectivity index (χ3v) is 3.08. The molecule has 1 heterocycles. The second kappa shape index (κ2) is 2.79. The van der Waals surface area contributed by atoms with E-state index in [2.05, 4.69) is 6.20 Å². The number of fused-ring (bicyclic) bond motifs is 1. The molecule has 0 spiro atoms. The molecular weight excluding hydrogens is 172 g/mol. The molecule has 2 rings (SSSR count). The van der Waals surface area contributed by atoms with E-state index in [-0.39, 0.29) is 6.04 Å². The highest BCUT2D eigenvalue weighted by Gasteiger charge is 2.21. The van der Waals surface area contributed by atoms with Crippen molar-refractivity contribution < 1.29 is 0 Å². The monoisotopic (exact) mass is 184 g/mol. The normalized spacial score (nSPS) is 22.4. The fourth-order valence-corrected chi connectivity index (χ4v) is 2.15. The van der Waals surface area contributed by atoms with Crippen LogP contribution in [0.4, 0.5) is 0 Å². The summed E-state index contributed by atoms with van der Waals surface area (Å²) in [5.41, 5.74) is 8.46. The minimum atomic E-state index is 0.201. The summed E-state index contributed by atoms with van der Waals surface area (Å²) in [4.78, 5) is 0. The summed E-state index contributed by atoms with van der Waals surface area (Å²) in [6.07, 6.45) is 5.40. The van der Waals surface area contributed by atoms with Crippen LogP contribution in [0.1, 0.15) is 30.0 Å². The van der Waals surface area contributed by atoms with E-state index in [1.807, 2.05) is 11.6 Å². The maximum Gasteiger partial charge on any atom is 0.112 e. The first-order chi connectivity index (χ1) is 5.70. The summed E-state index contributed by atoms with van der Waals surface area (Å²) in [6.45, 7) is 0. The van der Waals surface area contributed by atoms with E-state index in [1.165, 1.54) is 11.1 Å². The molecule has 1 unspecified atom stereocenters. The second-order valence-electron chi connectivity index (χ2n) is 3.46. The fourth-order valence-electron chi connectivity index (χ4n) is 1.90. The van der Waals surface area contributed by atoms with Crippen molar-refractivity contribution in [2.24, 2.45) is 12.8 Å². The average Bonchev–Trinajstić information content (AvgIpc) is 2.32. The lowest BCUT2D eigenvalue weighted by molar-refractivity contribution is 0.573. The van der Waals surface area contributed by atoms with Crippen LogP contribution < -0.4 is 5.73 Å². The topological polar surface area (TPSA) is 30.9 Å². The molecule has 1 aromatic heterocycles. The Balaban J connectivity index is 2.52. The van der Waals surface area contributed by atoms with E-state index in [9.17, 15) is 0 Å². The van der Waals surface area contributed by atoms with Gasteiger partial charge in [0.25, 0.3) is 0 Å². The van der Waals surface area contributed by atoms with Crippen LogP contribution in [-0.4, -0.2) is 4.57 Å². The van der Waals surface area contributed by atoms with Crippen LogP contribution in [0, 0.1) is 0 Å². The minimum Gasteiger partial charge on any atom is -0.341 e. The molecule has 1 aliphatic carbocycles. The molecule has 66 valence electrons. The lowest BCUT2D eigenvalue weighted by Crippen LogP contribution is -2.15. The van der Waals surface area contributed by atoms with Gasteiger partial charge in [-0.15, -0.1) is 0 Å². The molecule has 0 radical (unpaired) electrons. The van der Waals surface area contributed by atoms with Gasteiger partial charge in [0.2, 0.25) is 0 Å². The van der Waals surface area contributed by atoms with Crippen molar-refractivity contribution >= 4 is 11.6 Å². The summed E-state index contributed by atoms with van der Waals surface area (Å²) >= 11 is 6.10. The molecular formula is C9H13ClN2. The molecule has 2 N–H and O–H groups in total. The largest absolute Gasteiger partial charge is 0.341 e. The lowest BCUT2D eigenvalue weighted by Gasteiger charge is -2.17. The highest BCUT2D eigenvalue weighted by Crippen LogP contribution is 2.33. The van der Waals surface area contributed by atoms with Gasteiger partial charge in [-0.25, -0.2) is 0 Å². The van der Waals surface area contributed by atoms with Crippen molar-refractivity contribution in [2.75, 3.05) is 0 Å². The standard InChI is InChI=1S/C9H13ClN2/c1-12-5-7-6(9(12)10)3-2-4-8(7)11/h5,8H,2-4,11H2,1H3. The van der Waals surface area contributed by atoms with Gasteiger partial charge in [0, 0.05) is 19.3 Å². The summed E-state index contributed by atoms with van der Waals surface area (Å²) in [6, 6.07) is 0.201. The Labute approximate surface area is 77.3 Å². The molecule has 3 heteroatoms. The van der Waals surface area contributed by atoms with E-state index in [0.29, 0.717) is 0 Å². The van der Waals surface area contributed by atoms with Gasteiger partial charge < -0.3 is 10.3 Å². The van der Waals surface area contributed by atoms with Gasteiger partial charge in [0.05, 0.1) is 0 Å². The van der Waals surface area contributed by atoms with E-state index in [1.54, 1.807) is 0 Å². The molecule has 0 aromatic carbocycles. The van der Waals surface area contributed by atoms with Gasteiger partial charge in [-0.05, 0) is 30.4 Å². The maximum absolute atomic E-state index is 6.10. The third-order valence-electron chi connectivity index (χ3n) is 2.58. The Bertz CT molecular complexity index is 304. The zero-order chi connectivity index (χ0) is 8.72. The number of aromatic nitrogens is 1. The molecule has 1 atom stereocenters. The predicted octanol–water partition coefficient (Wildman–Crippen LogP) is 2.01. The van der Waals surface area contributed by atoms with E-state index >= 15 is 0 Å². The van der Waals surface area contributed by atoms with E-state index < -0.39 is 0 Å². The molecule has 0 aliphatic heterocycles. The van der Waals surface area contributed by atoms with Crippen LogP contribution in [0.5, 0.6) is 0 Å². The number of aryl methyl sites for hydroxylation is 1. The Morgan fingerprint density at radius 1 is 1.67 bits per heavy atom. The third kappa shape index (κ3) is 1.06. The van der Waals surface area contributed by atoms with Gasteiger partial charge in [0.1, 0.15) is 5.15 Å². The number of halogens is 1. The molecule has 0 bridgehead atoms. The van der Waals surface area contributed by atoms with Crippen molar-refractivity contribution in [1.82, 2.24) is 4.57 Å². The average molecular weight is 185 g/mol. The van der Waals surface area contributed by atoms with Crippen LogP contribution in [0.25, 0.3) is 0 Å². The van der Waals surface area contributed by atoms with Gasteiger partial charge >= 0.3 is 0 Å². The smallest absolute Gasteiger partial charge is 0.112 e.